The summed E-state index contributed by atoms with van der Waals surface area (Å²) < 4.78 is 4.74. The van der Waals surface area contributed by atoms with Crippen LogP contribution < -0.4 is 0 Å². The van der Waals surface area contributed by atoms with Crippen LogP contribution in [-0.2, 0) is 17.6 Å². The zero-order chi connectivity index (χ0) is 10.6. The number of ether oxygens (including phenoxy) is 1. The van der Waals surface area contributed by atoms with Crippen molar-refractivity contribution in [1.29, 1.82) is 0 Å². The van der Waals surface area contributed by atoms with Gasteiger partial charge in [-0.3, -0.25) is 4.98 Å². The maximum atomic E-state index is 11.5. The Morgan fingerprint density at radius 2 is 2.14 bits per heavy atom. The minimum atomic E-state index is -0.285. The Bertz CT molecular complexity index is 312. The Kier molecular flexibility index (Phi) is 3.63. The molecule has 0 amide bonds. The molecule has 0 N–H and O–H groups in total. The Labute approximate surface area is 84.1 Å². The number of rotatable bonds is 3. The van der Waals surface area contributed by atoms with Crippen molar-refractivity contribution in [3.63, 3.8) is 0 Å². The first-order chi connectivity index (χ1) is 6.74. The maximum Gasteiger partial charge on any atom is 0.339 e. The number of hydrogen-bond acceptors (Lipinski definition) is 3. The van der Waals surface area contributed by atoms with Crippen molar-refractivity contribution >= 4 is 5.97 Å². The van der Waals surface area contributed by atoms with E-state index in [2.05, 4.69) is 4.98 Å². The predicted molar refractivity (Wildman–Crippen MR) is 54.3 cm³/mol. The smallest absolute Gasteiger partial charge is 0.339 e. The highest BCUT2D eigenvalue weighted by Gasteiger charge is 2.15. The predicted octanol–water partition coefficient (Wildman–Crippen LogP) is 1.99. The van der Waals surface area contributed by atoms with Gasteiger partial charge in [-0.05, 0) is 24.5 Å². The average molecular weight is 193 g/mol. The summed E-state index contributed by atoms with van der Waals surface area (Å²) >= 11 is 0. The second kappa shape index (κ2) is 4.74. The second-order valence-electron chi connectivity index (χ2n) is 2.99. The summed E-state index contributed by atoms with van der Waals surface area (Å²) in [6, 6.07) is 1.87. The molecule has 1 rings (SSSR count). The van der Waals surface area contributed by atoms with Crippen molar-refractivity contribution < 1.29 is 9.53 Å². The molecule has 1 heterocycles. The van der Waals surface area contributed by atoms with Crippen LogP contribution in [0.25, 0.3) is 0 Å². The zero-order valence-corrected chi connectivity index (χ0v) is 8.83. The molecule has 1 aromatic heterocycles. The number of methoxy groups -OCH3 is 1. The molecule has 0 saturated carbocycles. The summed E-state index contributed by atoms with van der Waals surface area (Å²) in [6.07, 6.45) is 3.31. The molecule has 0 aliphatic rings. The van der Waals surface area contributed by atoms with Crippen LogP contribution in [0.15, 0.2) is 12.3 Å². The van der Waals surface area contributed by atoms with Crippen LogP contribution in [0.1, 0.15) is 35.5 Å². The van der Waals surface area contributed by atoms with Crippen LogP contribution in [0.5, 0.6) is 0 Å². The van der Waals surface area contributed by atoms with Gasteiger partial charge in [-0.1, -0.05) is 13.8 Å². The van der Waals surface area contributed by atoms with Gasteiger partial charge in [0.05, 0.1) is 18.4 Å². The Hall–Kier alpha value is -1.38. The summed E-state index contributed by atoms with van der Waals surface area (Å²) in [5.74, 6) is -0.285. The molecule has 0 aliphatic carbocycles. The molecule has 14 heavy (non-hydrogen) atoms. The van der Waals surface area contributed by atoms with Gasteiger partial charge in [0.15, 0.2) is 0 Å². The number of pyridine rings is 1. The highest BCUT2D eigenvalue weighted by Crippen LogP contribution is 2.14. The molecule has 0 atom stereocenters. The molecular weight excluding hydrogens is 178 g/mol. The van der Waals surface area contributed by atoms with E-state index in [0.29, 0.717) is 5.56 Å². The molecular formula is C11H15NO2. The molecule has 76 valence electrons. The van der Waals surface area contributed by atoms with Gasteiger partial charge in [0.1, 0.15) is 0 Å². The van der Waals surface area contributed by atoms with E-state index in [9.17, 15) is 4.79 Å². The van der Waals surface area contributed by atoms with Crippen LogP contribution >= 0.6 is 0 Å². The zero-order valence-electron chi connectivity index (χ0n) is 8.83. The lowest BCUT2D eigenvalue weighted by Gasteiger charge is -2.09. The van der Waals surface area contributed by atoms with Gasteiger partial charge in [-0.25, -0.2) is 4.79 Å². The second-order valence-corrected chi connectivity index (χ2v) is 2.99. The Morgan fingerprint density at radius 3 is 2.64 bits per heavy atom. The lowest BCUT2D eigenvalue weighted by molar-refractivity contribution is 0.0597. The molecule has 0 unspecified atom stereocenters. The molecule has 0 aromatic carbocycles. The van der Waals surface area contributed by atoms with Gasteiger partial charge in [0.25, 0.3) is 0 Å². The molecule has 0 fully saturated rings. The summed E-state index contributed by atoms with van der Waals surface area (Å²) in [5.41, 5.74) is 2.46. The molecule has 0 saturated heterocycles. The quantitative estimate of drug-likeness (QED) is 0.689. The standard InChI is InChI=1S/C11H15NO2/c1-4-8-6-7-12-9(5-2)10(8)11(13)14-3/h6-7H,4-5H2,1-3H3. The van der Waals surface area contributed by atoms with E-state index in [1.165, 1.54) is 7.11 Å². The van der Waals surface area contributed by atoms with E-state index in [-0.39, 0.29) is 5.97 Å². The number of aryl methyl sites for hydroxylation is 2. The van der Waals surface area contributed by atoms with E-state index in [1.807, 2.05) is 19.9 Å². The van der Waals surface area contributed by atoms with Crippen molar-refractivity contribution in [1.82, 2.24) is 4.98 Å². The fourth-order valence-corrected chi connectivity index (χ4v) is 1.46. The highest BCUT2D eigenvalue weighted by atomic mass is 16.5. The highest BCUT2D eigenvalue weighted by molar-refractivity contribution is 5.92. The third kappa shape index (κ3) is 1.92. The van der Waals surface area contributed by atoms with Crippen molar-refractivity contribution in [2.75, 3.05) is 7.11 Å². The van der Waals surface area contributed by atoms with Gasteiger partial charge in [0, 0.05) is 6.20 Å². The summed E-state index contributed by atoms with van der Waals surface area (Å²) in [5, 5.41) is 0. The van der Waals surface area contributed by atoms with Crippen LogP contribution in [0.2, 0.25) is 0 Å². The first-order valence-electron chi connectivity index (χ1n) is 4.79. The number of carbonyl (C=O) groups excluding carboxylic acids is 1. The van der Waals surface area contributed by atoms with Crippen molar-refractivity contribution in [2.45, 2.75) is 26.7 Å². The molecule has 1 aromatic rings. The molecule has 0 spiro atoms. The van der Waals surface area contributed by atoms with Crippen LogP contribution in [0.3, 0.4) is 0 Å². The van der Waals surface area contributed by atoms with Crippen LogP contribution in [0, 0.1) is 0 Å². The largest absolute Gasteiger partial charge is 0.465 e. The maximum absolute atomic E-state index is 11.5. The van der Waals surface area contributed by atoms with E-state index in [1.54, 1.807) is 6.20 Å². The SMILES string of the molecule is CCc1ccnc(CC)c1C(=O)OC. The van der Waals surface area contributed by atoms with E-state index >= 15 is 0 Å². The van der Waals surface area contributed by atoms with Gasteiger partial charge in [0.2, 0.25) is 0 Å². The minimum absolute atomic E-state index is 0.285. The molecule has 0 bridgehead atoms. The lowest BCUT2D eigenvalue weighted by Crippen LogP contribution is -2.10. The minimum Gasteiger partial charge on any atom is -0.465 e. The number of nitrogens with zero attached hydrogens (tertiary/aromatic N) is 1. The summed E-state index contributed by atoms with van der Waals surface area (Å²) in [4.78, 5) is 15.7. The average Bonchev–Trinajstić information content (AvgIpc) is 2.26. The van der Waals surface area contributed by atoms with Gasteiger partial charge in [-0.2, -0.15) is 0 Å². The number of esters is 1. The van der Waals surface area contributed by atoms with Crippen LogP contribution in [0.4, 0.5) is 0 Å². The molecule has 0 radical (unpaired) electrons. The van der Waals surface area contributed by atoms with Crippen LogP contribution in [-0.4, -0.2) is 18.1 Å². The normalized spacial score (nSPS) is 9.93. The molecule has 3 nitrogen and oxygen atoms in total. The van der Waals surface area contributed by atoms with Gasteiger partial charge in [-0.15, -0.1) is 0 Å². The lowest BCUT2D eigenvalue weighted by atomic mass is 10.0. The van der Waals surface area contributed by atoms with Gasteiger partial charge < -0.3 is 4.74 Å². The van der Waals surface area contributed by atoms with E-state index in [0.717, 1.165) is 24.1 Å². The first kappa shape index (κ1) is 10.7. The fraction of sp³-hybridized carbons (Fsp3) is 0.455. The van der Waals surface area contributed by atoms with Crippen molar-refractivity contribution in [2.24, 2.45) is 0 Å². The van der Waals surface area contributed by atoms with E-state index in [4.69, 9.17) is 4.74 Å². The van der Waals surface area contributed by atoms with Crippen molar-refractivity contribution in [3.05, 3.63) is 29.1 Å². The van der Waals surface area contributed by atoms with E-state index < -0.39 is 0 Å². The third-order valence-electron chi connectivity index (χ3n) is 2.22. The fourth-order valence-electron chi connectivity index (χ4n) is 1.46. The topological polar surface area (TPSA) is 39.2 Å². The van der Waals surface area contributed by atoms with Crippen molar-refractivity contribution in [3.8, 4) is 0 Å². The molecule has 3 heteroatoms. The summed E-state index contributed by atoms with van der Waals surface area (Å²) in [6.45, 7) is 4.00. The molecule has 0 aliphatic heterocycles. The number of aromatic nitrogens is 1. The third-order valence-corrected chi connectivity index (χ3v) is 2.22. The monoisotopic (exact) mass is 193 g/mol. The Balaban J connectivity index is 3.25. The number of hydrogen-bond donors (Lipinski definition) is 0. The van der Waals surface area contributed by atoms with Gasteiger partial charge >= 0.3 is 5.97 Å². The summed E-state index contributed by atoms with van der Waals surface area (Å²) in [7, 11) is 1.40. The Morgan fingerprint density at radius 1 is 1.43 bits per heavy atom. The number of carbonyl (C=O) groups is 1. The first-order valence-corrected chi connectivity index (χ1v) is 4.79.